The molecule has 2 atom stereocenters. The molecule has 216 valence electrons. The number of aliphatic carboxylic acids is 2. The first-order valence-corrected chi connectivity index (χ1v) is 11.3. The van der Waals surface area contributed by atoms with Gasteiger partial charge in [-0.1, -0.05) is 6.07 Å². The van der Waals surface area contributed by atoms with Gasteiger partial charge in [0.1, 0.15) is 18.8 Å². The first-order chi connectivity index (χ1) is 18.3. The second-order valence-electron chi connectivity index (χ2n) is 7.22. The van der Waals surface area contributed by atoms with Crippen molar-refractivity contribution in [3.63, 3.8) is 0 Å². The second-order valence-corrected chi connectivity index (χ2v) is 7.22. The summed E-state index contributed by atoms with van der Waals surface area (Å²) in [5.74, 6) is -3.92. The Labute approximate surface area is 223 Å². The lowest BCUT2D eigenvalue weighted by Gasteiger charge is -2.17. The summed E-state index contributed by atoms with van der Waals surface area (Å²) < 4.78 is 29.4. The van der Waals surface area contributed by atoms with Crippen molar-refractivity contribution < 1.29 is 67.4 Å². The van der Waals surface area contributed by atoms with E-state index < -0.39 is 48.3 Å². The summed E-state index contributed by atoms with van der Waals surface area (Å²) in [7, 11) is 0. The largest absolute Gasteiger partial charge is 0.513 e. The molecule has 0 aliphatic rings. The lowest BCUT2D eigenvalue weighted by atomic mass is 10.1. The normalized spacial score (nSPS) is 11.6. The van der Waals surface area contributed by atoms with Crippen molar-refractivity contribution in [2.45, 2.75) is 46.3 Å². The topological polar surface area (TPSA) is 224 Å². The van der Waals surface area contributed by atoms with E-state index in [1.54, 1.807) is 20.8 Å². The maximum Gasteiger partial charge on any atom is 0.513 e. The van der Waals surface area contributed by atoms with Crippen LogP contribution in [0.3, 0.4) is 0 Å². The molecule has 0 aliphatic heterocycles. The van der Waals surface area contributed by atoms with Gasteiger partial charge < -0.3 is 44.4 Å². The van der Waals surface area contributed by atoms with Gasteiger partial charge >= 0.3 is 36.2 Å². The van der Waals surface area contributed by atoms with Crippen molar-refractivity contribution in [2.24, 2.45) is 5.73 Å². The van der Waals surface area contributed by atoms with Crippen LogP contribution in [-0.4, -0.2) is 78.4 Å². The van der Waals surface area contributed by atoms with Gasteiger partial charge in [0.2, 0.25) is 0 Å². The molecular weight excluding hydrogens is 526 g/mol. The van der Waals surface area contributed by atoms with Crippen molar-refractivity contribution in [3.05, 3.63) is 35.9 Å². The van der Waals surface area contributed by atoms with E-state index in [1.807, 2.05) is 0 Å². The van der Waals surface area contributed by atoms with Gasteiger partial charge in [-0.2, -0.15) is 0 Å². The minimum absolute atomic E-state index is 0.0258. The zero-order chi connectivity index (χ0) is 30.0. The predicted molar refractivity (Wildman–Crippen MR) is 130 cm³/mol. The molecular formula is C24H31NO14. The fraction of sp³-hybridized carbons (Fsp3) is 0.417. The van der Waals surface area contributed by atoms with Gasteiger partial charge in [-0.05, 0) is 44.9 Å². The Morgan fingerprint density at radius 2 is 1.38 bits per heavy atom. The van der Waals surface area contributed by atoms with Crippen LogP contribution in [0.5, 0.6) is 11.5 Å². The summed E-state index contributed by atoms with van der Waals surface area (Å²) in [6.07, 6.45) is -1.52. The summed E-state index contributed by atoms with van der Waals surface area (Å²) >= 11 is 0. The van der Waals surface area contributed by atoms with Crippen LogP contribution in [0.2, 0.25) is 0 Å². The zero-order valence-electron chi connectivity index (χ0n) is 21.7. The van der Waals surface area contributed by atoms with Crippen molar-refractivity contribution in [1.29, 1.82) is 0 Å². The highest BCUT2D eigenvalue weighted by molar-refractivity contribution is 5.89. The average Bonchev–Trinajstić information content (AvgIpc) is 2.83. The van der Waals surface area contributed by atoms with Crippen LogP contribution < -0.4 is 15.2 Å². The molecule has 1 rings (SSSR count). The standard InChI is InChI=1S/C20H27NO10.C4H4O4/c1-5-26-19(24)30-16-8-7-14(10-17(16)31-20(25)27-6-2)9-15(21)18(23)29-12(3)11-28-13(4)22;5-3(6)1-2-4(7)8/h7-8,10,12,15H,5-6,9,11,21H2,1-4H3;1-2H,(H,5,6)(H,7,8)/t12-,15+;/m1./s1. The minimum atomic E-state index is -1.26. The number of carbonyl (C=O) groups excluding carboxylic acids is 4. The number of hydrogen-bond donors (Lipinski definition) is 3. The highest BCUT2D eigenvalue weighted by Crippen LogP contribution is 2.30. The van der Waals surface area contributed by atoms with E-state index >= 15 is 0 Å². The van der Waals surface area contributed by atoms with Crippen LogP contribution in [0.25, 0.3) is 0 Å². The van der Waals surface area contributed by atoms with Gasteiger partial charge in [0.25, 0.3) is 0 Å². The summed E-state index contributed by atoms with van der Waals surface area (Å²) in [5.41, 5.74) is 6.38. The Kier molecular flexibility index (Phi) is 16.3. The third-order valence-corrected chi connectivity index (χ3v) is 3.88. The maximum atomic E-state index is 12.2. The van der Waals surface area contributed by atoms with Crippen LogP contribution in [0.1, 0.15) is 33.3 Å². The molecule has 39 heavy (non-hydrogen) atoms. The number of nitrogens with two attached hydrogens (primary N) is 1. The van der Waals surface area contributed by atoms with E-state index in [-0.39, 0.29) is 37.7 Å². The summed E-state index contributed by atoms with van der Waals surface area (Å²) in [5, 5.41) is 15.6. The van der Waals surface area contributed by atoms with Gasteiger partial charge in [-0.25, -0.2) is 19.2 Å². The van der Waals surface area contributed by atoms with Crippen molar-refractivity contribution in [3.8, 4) is 11.5 Å². The third kappa shape index (κ3) is 16.7. The van der Waals surface area contributed by atoms with Gasteiger partial charge in [0, 0.05) is 19.1 Å². The molecule has 0 aromatic heterocycles. The van der Waals surface area contributed by atoms with Crippen LogP contribution in [-0.2, 0) is 44.5 Å². The first kappa shape index (κ1) is 34.3. The van der Waals surface area contributed by atoms with Gasteiger partial charge in [-0.3, -0.25) is 9.59 Å². The number of esters is 2. The van der Waals surface area contributed by atoms with Crippen LogP contribution in [0.4, 0.5) is 9.59 Å². The number of carboxylic acids is 2. The number of benzene rings is 1. The smallest absolute Gasteiger partial charge is 0.478 e. The highest BCUT2D eigenvalue weighted by Gasteiger charge is 2.21. The maximum absolute atomic E-state index is 12.2. The number of hydrogen-bond acceptors (Lipinski definition) is 13. The lowest BCUT2D eigenvalue weighted by molar-refractivity contribution is -0.157. The zero-order valence-corrected chi connectivity index (χ0v) is 21.7. The predicted octanol–water partition coefficient (Wildman–Crippen LogP) is 1.83. The van der Waals surface area contributed by atoms with E-state index in [0.717, 1.165) is 0 Å². The molecule has 0 saturated carbocycles. The Balaban J connectivity index is 0.00000156. The van der Waals surface area contributed by atoms with Crippen molar-refractivity contribution in [2.75, 3.05) is 19.8 Å². The average molecular weight is 558 g/mol. The summed E-state index contributed by atoms with van der Waals surface area (Å²) in [6, 6.07) is 3.22. The van der Waals surface area contributed by atoms with E-state index in [4.69, 9.17) is 44.4 Å². The number of carbonyl (C=O) groups is 6. The van der Waals surface area contributed by atoms with Crippen LogP contribution >= 0.6 is 0 Å². The van der Waals surface area contributed by atoms with E-state index in [9.17, 15) is 28.8 Å². The Hall–Kier alpha value is -4.66. The van der Waals surface area contributed by atoms with Crippen LogP contribution in [0.15, 0.2) is 30.4 Å². The van der Waals surface area contributed by atoms with Crippen molar-refractivity contribution in [1.82, 2.24) is 0 Å². The molecule has 0 saturated heterocycles. The minimum Gasteiger partial charge on any atom is -0.478 e. The molecule has 1 aromatic rings. The quantitative estimate of drug-likeness (QED) is 0.144. The van der Waals surface area contributed by atoms with Crippen molar-refractivity contribution >= 4 is 36.2 Å². The number of ether oxygens (including phenoxy) is 6. The Morgan fingerprint density at radius 3 is 1.85 bits per heavy atom. The molecule has 1 aromatic carbocycles. The van der Waals surface area contributed by atoms with Gasteiger partial charge in [0.15, 0.2) is 11.5 Å². The van der Waals surface area contributed by atoms with Gasteiger partial charge in [-0.15, -0.1) is 0 Å². The monoisotopic (exact) mass is 557 g/mol. The molecule has 0 spiro atoms. The summed E-state index contributed by atoms with van der Waals surface area (Å²) in [6.45, 7) is 6.08. The van der Waals surface area contributed by atoms with Gasteiger partial charge in [0.05, 0.1) is 13.2 Å². The Bertz CT molecular complexity index is 1020. The highest BCUT2D eigenvalue weighted by atomic mass is 16.7. The molecule has 15 nitrogen and oxygen atoms in total. The molecule has 0 unspecified atom stereocenters. The molecule has 0 bridgehead atoms. The molecule has 0 aliphatic carbocycles. The fourth-order valence-electron chi connectivity index (χ4n) is 2.35. The lowest BCUT2D eigenvalue weighted by Crippen LogP contribution is -2.37. The fourth-order valence-corrected chi connectivity index (χ4v) is 2.35. The molecule has 0 amide bonds. The van der Waals surface area contributed by atoms with Crippen LogP contribution in [0, 0.1) is 0 Å². The number of rotatable bonds is 12. The van der Waals surface area contributed by atoms with E-state index in [2.05, 4.69) is 0 Å². The SMILES string of the molecule is CCOC(=O)Oc1ccc(C[C@H](N)C(=O)O[C@H](C)COC(C)=O)cc1OC(=O)OCC.O=C(O)C=CC(=O)O. The Morgan fingerprint density at radius 1 is 0.872 bits per heavy atom. The third-order valence-electron chi connectivity index (χ3n) is 3.88. The molecule has 0 radical (unpaired) electrons. The van der Waals surface area contributed by atoms with E-state index in [0.29, 0.717) is 17.7 Å². The van der Waals surface area contributed by atoms with E-state index in [1.165, 1.54) is 25.1 Å². The molecule has 0 heterocycles. The first-order valence-electron chi connectivity index (χ1n) is 11.3. The molecule has 4 N–H and O–H groups in total. The summed E-state index contributed by atoms with van der Waals surface area (Å²) in [4.78, 5) is 65.4. The molecule has 15 heteroatoms. The molecule has 0 fully saturated rings. The second kappa shape index (κ2) is 18.6. The number of carboxylic acid groups (broad SMARTS) is 2.